The summed E-state index contributed by atoms with van der Waals surface area (Å²) in [6.07, 6.45) is 7.61. The van der Waals surface area contributed by atoms with Gasteiger partial charge in [-0.2, -0.15) is 0 Å². The molecule has 3 nitrogen and oxygen atoms in total. The molecule has 1 aromatic rings. The van der Waals surface area contributed by atoms with Crippen molar-refractivity contribution in [3.8, 4) is 0 Å². The first-order chi connectivity index (χ1) is 7.90. The molecule has 0 bridgehead atoms. The van der Waals surface area contributed by atoms with E-state index in [-0.39, 0.29) is 0 Å². The summed E-state index contributed by atoms with van der Waals surface area (Å²) in [7, 11) is 2.05. The molecule has 1 fully saturated rings. The minimum Gasteiger partial charge on any atom is -0.317 e. The Labute approximate surface area is 97.7 Å². The molecular formula is C13H21N3. The van der Waals surface area contributed by atoms with Crippen molar-refractivity contribution in [2.45, 2.75) is 25.3 Å². The molecule has 0 aliphatic carbocycles. The molecule has 3 heteroatoms. The summed E-state index contributed by atoms with van der Waals surface area (Å²) in [6, 6.07) is 4.70. The van der Waals surface area contributed by atoms with Gasteiger partial charge in [0.05, 0.1) is 0 Å². The van der Waals surface area contributed by atoms with E-state index < -0.39 is 0 Å². The molecule has 0 saturated carbocycles. The Hall–Kier alpha value is -0.930. The number of aromatic nitrogens is 1. The van der Waals surface area contributed by atoms with Crippen LogP contribution in [0.25, 0.3) is 0 Å². The summed E-state index contributed by atoms with van der Waals surface area (Å²) in [5.74, 6) is 0.854. The van der Waals surface area contributed by atoms with Crippen LogP contribution in [0.1, 0.15) is 30.9 Å². The van der Waals surface area contributed by atoms with Gasteiger partial charge >= 0.3 is 0 Å². The molecule has 0 radical (unpaired) electrons. The first-order valence-corrected chi connectivity index (χ1v) is 6.18. The Morgan fingerprint density at radius 2 is 2.06 bits per heavy atom. The maximum absolute atomic E-state index is 4.07. The molecule has 2 rings (SSSR count). The number of pyridine rings is 1. The van der Waals surface area contributed by atoms with Crippen LogP contribution < -0.4 is 10.6 Å². The monoisotopic (exact) mass is 219 g/mol. The van der Waals surface area contributed by atoms with E-state index in [0.717, 1.165) is 5.92 Å². The Morgan fingerprint density at radius 1 is 1.38 bits per heavy atom. The van der Waals surface area contributed by atoms with Crippen molar-refractivity contribution in [2.24, 2.45) is 5.92 Å². The van der Waals surface area contributed by atoms with Gasteiger partial charge in [-0.05, 0) is 63.0 Å². The molecule has 16 heavy (non-hydrogen) atoms. The van der Waals surface area contributed by atoms with Gasteiger partial charge in [-0.15, -0.1) is 0 Å². The minimum absolute atomic E-state index is 0.478. The summed E-state index contributed by atoms with van der Waals surface area (Å²) < 4.78 is 0. The first kappa shape index (κ1) is 11.6. The highest BCUT2D eigenvalue weighted by Crippen LogP contribution is 2.25. The zero-order valence-electron chi connectivity index (χ0n) is 9.95. The second-order valence-corrected chi connectivity index (χ2v) is 4.55. The van der Waals surface area contributed by atoms with Gasteiger partial charge in [0.1, 0.15) is 0 Å². The van der Waals surface area contributed by atoms with Crippen LogP contribution in [0.3, 0.4) is 0 Å². The van der Waals surface area contributed by atoms with Gasteiger partial charge in [-0.25, -0.2) is 0 Å². The lowest BCUT2D eigenvalue weighted by atomic mass is 9.89. The Morgan fingerprint density at radius 3 is 2.69 bits per heavy atom. The predicted molar refractivity (Wildman–Crippen MR) is 66.2 cm³/mol. The van der Waals surface area contributed by atoms with E-state index in [1.165, 1.54) is 37.9 Å². The van der Waals surface area contributed by atoms with Crippen molar-refractivity contribution in [1.29, 1.82) is 0 Å². The molecule has 1 saturated heterocycles. The van der Waals surface area contributed by atoms with Crippen molar-refractivity contribution >= 4 is 0 Å². The number of hydrogen-bond acceptors (Lipinski definition) is 3. The third kappa shape index (κ3) is 3.03. The van der Waals surface area contributed by atoms with Gasteiger partial charge in [0, 0.05) is 18.4 Å². The largest absolute Gasteiger partial charge is 0.317 e. The van der Waals surface area contributed by atoms with Crippen LogP contribution in [0.2, 0.25) is 0 Å². The minimum atomic E-state index is 0.478. The van der Waals surface area contributed by atoms with Crippen molar-refractivity contribution in [3.05, 3.63) is 30.1 Å². The van der Waals surface area contributed by atoms with Gasteiger partial charge in [0.15, 0.2) is 0 Å². The topological polar surface area (TPSA) is 37.0 Å². The summed E-state index contributed by atoms with van der Waals surface area (Å²) >= 11 is 0. The van der Waals surface area contributed by atoms with Crippen LogP contribution in [-0.2, 0) is 0 Å². The Kier molecular flexibility index (Phi) is 4.31. The molecule has 2 N–H and O–H groups in total. The van der Waals surface area contributed by atoms with Crippen LogP contribution in [-0.4, -0.2) is 25.1 Å². The molecule has 1 aliphatic heterocycles. The van der Waals surface area contributed by atoms with Gasteiger partial charge in [-0.1, -0.05) is 0 Å². The zero-order valence-corrected chi connectivity index (χ0v) is 9.95. The highest BCUT2D eigenvalue weighted by Gasteiger charge is 2.18. The maximum Gasteiger partial charge on any atom is 0.0321 e. The van der Waals surface area contributed by atoms with Crippen LogP contribution in [0, 0.1) is 5.92 Å². The van der Waals surface area contributed by atoms with E-state index in [4.69, 9.17) is 0 Å². The average Bonchev–Trinajstić information content (AvgIpc) is 2.38. The summed E-state index contributed by atoms with van der Waals surface area (Å²) in [4.78, 5) is 4.07. The zero-order chi connectivity index (χ0) is 11.2. The van der Waals surface area contributed by atoms with Crippen molar-refractivity contribution < 1.29 is 0 Å². The molecule has 1 atom stereocenters. The fraction of sp³-hybridized carbons (Fsp3) is 0.615. The second-order valence-electron chi connectivity index (χ2n) is 4.55. The number of piperidine rings is 1. The van der Waals surface area contributed by atoms with Crippen LogP contribution in [0.4, 0.5) is 0 Å². The van der Waals surface area contributed by atoms with Gasteiger partial charge in [0.25, 0.3) is 0 Å². The van der Waals surface area contributed by atoms with Crippen molar-refractivity contribution in [3.63, 3.8) is 0 Å². The van der Waals surface area contributed by atoms with E-state index in [9.17, 15) is 0 Å². The Bertz CT molecular complexity index is 293. The number of rotatable bonds is 4. The van der Waals surface area contributed by atoms with E-state index in [2.05, 4.69) is 27.8 Å². The summed E-state index contributed by atoms with van der Waals surface area (Å²) in [5.41, 5.74) is 1.36. The number of hydrogen-bond donors (Lipinski definition) is 2. The predicted octanol–water partition coefficient (Wildman–Crippen LogP) is 1.73. The van der Waals surface area contributed by atoms with E-state index in [0.29, 0.717) is 6.04 Å². The van der Waals surface area contributed by atoms with E-state index in [1.807, 2.05) is 19.4 Å². The second kappa shape index (κ2) is 5.97. The lowest BCUT2D eigenvalue weighted by Gasteiger charge is -2.27. The molecular weight excluding hydrogens is 198 g/mol. The lowest BCUT2D eigenvalue weighted by Crippen LogP contribution is -2.30. The number of nitrogens with zero attached hydrogens (tertiary/aromatic N) is 1. The quantitative estimate of drug-likeness (QED) is 0.810. The number of nitrogens with one attached hydrogen (secondary N) is 2. The van der Waals surface area contributed by atoms with Gasteiger partial charge < -0.3 is 10.6 Å². The first-order valence-electron chi connectivity index (χ1n) is 6.18. The molecule has 2 heterocycles. The van der Waals surface area contributed by atoms with Gasteiger partial charge in [-0.3, -0.25) is 4.98 Å². The normalized spacial score (nSPS) is 19.6. The standard InChI is InChI=1S/C13H21N3/c1-14-13(12-4-8-16-9-5-12)10-11-2-6-15-7-3-11/h4-5,8-9,11,13-15H,2-3,6-7,10H2,1H3. The fourth-order valence-corrected chi connectivity index (χ4v) is 2.47. The molecule has 1 unspecified atom stereocenters. The highest BCUT2D eigenvalue weighted by molar-refractivity contribution is 5.14. The molecule has 1 aliphatic rings. The summed E-state index contributed by atoms with van der Waals surface area (Å²) in [5, 5.41) is 6.83. The maximum atomic E-state index is 4.07. The molecule has 0 amide bonds. The summed E-state index contributed by atoms with van der Waals surface area (Å²) in [6.45, 7) is 2.36. The SMILES string of the molecule is CNC(CC1CCNCC1)c1ccncc1. The molecule has 0 spiro atoms. The van der Waals surface area contributed by atoms with Crippen LogP contribution in [0.5, 0.6) is 0 Å². The average molecular weight is 219 g/mol. The third-order valence-electron chi connectivity index (χ3n) is 3.48. The molecule has 1 aromatic heterocycles. The Balaban J connectivity index is 1.94. The molecule has 88 valence electrons. The van der Waals surface area contributed by atoms with Crippen molar-refractivity contribution in [2.75, 3.05) is 20.1 Å². The van der Waals surface area contributed by atoms with Crippen LogP contribution >= 0.6 is 0 Å². The molecule has 0 aromatic carbocycles. The van der Waals surface area contributed by atoms with E-state index in [1.54, 1.807) is 0 Å². The van der Waals surface area contributed by atoms with Crippen LogP contribution in [0.15, 0.2) is 24.5 Å². The fourth-order valence-electron chi connectivity index (χ4n) is 2.47. The van der Waals surface area contributed by atoms with Crippen molar-refractivity contribution in [1.82, 2.24) is 15.6 Å². The van der Waals surface area contributed by atoms with Gasteiger partial charge in [0.2, 0.25) is 0 Å². The lowest BCUT2D eigenvalue weighted by molar-refractivity contribution is 0.318. The smallest absolute Gasteiger partial charge is 0.0321 e. The van der Waals surface area contributed by atoms with E-state index >= 15 is 0 Å². The highest BCUT2D eigenvalue weighted by atomic mass is 14.9. The third-order valence-corrected chi connectivity index (χ3v) is 3.48.